The second kappa shape index (κ2) is 5.70. The van der Waals surface area contributed by atoms with E-state index in [-0.39, 0.29) is 12.7 Å². The SMILES string of the molecule is OCC1(n2ccnn2)CC(COCc2ccccc2)O1. The highest BCUT2D eigenvalue weighted by Crippen LogP contribution is 2.36. The van der Waals surface area contributed by atoms with Crippen LogP contribution in [0.5, 0.6) is 0 Å². The number of aliphatic hydroxyl groups is 1. The summed E-state index contributed by atoms with van der Waals surface area (Å²) < 4.78 is 12.9. The van der Waals surface area contributed by atoms with E-state index in [1.807, 2.05) is 30.3 Å². The van der Waals surface area contributed by atoms with Gasteiger partial charge in [0.1, 0.15) is 0 Å². The van der Waals surface area contributed by atoms with E-state index in [2.05, 4.69) is 10.3 Å². The average Bonchev–Trinajstić information content (AvgIpc) is 2.97. The molecule has 2 atom stereocenters. The van der Waals surface area contributed by atoms with Gasteiger partial charge in [-0.15, -0.1) is 5.10 Å². The molecule has 2 heterocycles. The first-order chi connectivity index (χ1) is 9.82. The molecule has 2 aromatic rings. The third-order valence-electron chi connectivity index (χ3n) is 3.44. The number of hydrogen-bond donors (Lipinski definition) is 1. The van der Waals surface area contributed by atoms with Crippen LogP contribution in [0.1, 0.15) is 12.0 Å². The Morgan fingerprint density at radius 1 is 1.40 bits per heavy atom. The Morgan fingerprint density at radius 2 is 2.20 bits per heavy atom. The molecule has 0 saturated carbocycles. The first kappa shape index (κ1) is 13.2. The predicted molar refractivity (Wildman–Crippen MR) is 70.7 cm³/mol. The normalized spacial score (nSPS) is 25.4. The molecule has 2 unspecified atom stereocenters. The molecule has 0 bridgehead atoms. The molecule has 1 aliphatic rings. The summed E-state index contributed by atoms with van der Waals surface area (Å²) >= 11 is 0. The second-order valence-corrected chi connectivity index (χ2v) is 4.90. The van der Waals surface area contributed by atoms with Gasteiger partial charge in [-0.05, 0) is 5.56 Å². The highest BCUT2D eigenvalue weighted by atomic mass is 16.6. The van der Waals surface area contributed by atoms with Gasteiger partial charge >= 0.3 is 0 Å². The first-order valence-electron chi connectivity index (χ1n) is 6.59. The summed E-state index contributed by atoms with van der Waals surface area (Å²) in [7, 11) is 0. The molecule has 1 aromatic carbocycles. The van der Waals surface area contributed by atoms with Crippen molar-refractivity contribution in [3.05, 3.63) is 48.3 Å². The Balaban J connectivity index is 1.46. The quantitative estimate of drug-likeness (QED) is 0.849. The zero-order chi connectivity index (χ0) is 13.8. The molecule has 106 valence electrons. The van der Waals surface area contributed by atoms with Crippen LogP contribution in [-0.2, 0) is 21.8 Å². The minimum Gasteiger partial charge on any atom is -0.391 e. The van der Waals surface area contributed by atoms with E-state index in [4.69, 9.17) is 9.47 Å². The number of rotatable bonds is 6. The van der Waals surface area contributed by atoms with Crippen LogP contribution in [0.2, 0.25) is 0 Å². The molecule has 1 fully saturated rings. The number of hydrogen-bond acceptors (Lipinski definition) is 5. The Morgan fingerprint density at radius 3 is 2.85 bits per heavy atom. The highest BCUT2D eigenvalue weighted by Gasteiger charge is 2.47. The van der Waals surface area contributed by atoms with Crippen LogP contribution in [0.4, 0.5) is 0 Å². The Bertz CT molecular complexity index is 524. The fourth-order valence-electron chi connectivity index (χ4n) is 2.38. The van der Waals surface area contributed by atoms with Crippen molar-refractivity contribution in [2.24, 2.45) is 0 Å². The van der Waals surface area contributed by atoms with E-state index in [0.29, 0.717) is 19.6 Å². The van der Waals surface area contributed by atoms with Crippen molar-refractivity contribution < 1.29 is 14.6 Å². The molecule has 1 saturated heterocycles. The lowest BCUT2D eigenvalue weighted by Crippen LogP contribution is -2.56. The van der Waals surface area contributed by atoms with Crippen molar-refractivity contribution in [1.82, 2.24) is 15.0 Å². The summed E-state index contributed by atoms with van der Waals surface area (Å²) in [5.41, 5.74) is 0.369. The standard InChI is InChI=1S/C14H17N3O3/c18-11-14(17-7-6-15-16-17)8-13(20-14)10-19-9-12-4-2-1-3-5-12/h1-7,13,18H,8-11H2. The maximum atomic E-state index is 9.48. The summed E-state index contributed by atoms with van der Waals surface area (Å²) in [6.07, 6.45) is 3.91. The maximum Gasteiger partial charge on any atom is 0.188 e. The Labute approximate surface area is 116 Å². The van der Waals surface area contributed by atoms with Gasteiger partial charge in [0, 0.05) is 12.6 Å². The van der Waals surface area contributed by atoms with Crippen LogP contribution < -0.4 is 0 Å². The molecule has 0 spiro atoms. The highest BCUT2D eigenvalue weighted by molar-refractivity contribution is 5.13. The van der Waals surface area contributed by atoms with Crippen molar-refractivity contribution in [3.8, 4) is 0 Å². The van der Waals surface area contributed by atoms with Crippen LogP contribution >= 0.6 is 0 Å². The molecular formula is C14H17N3O3. The van der Waals surface area contributed by atoms with E-state index in [1.165, 1.54) is 0 Å². The molecule has 6 heteroatoms. The van der Waals surface area contributed by atoms with Gasteiger partial charge in [-0.1, -0.05) is 35.5 Å². The molecule has 1 N–H and O–H groups in total. The van der Waals surface area contributed by atoms with E-state index < -0.39 is 5.72 Å². The van der Waals surface area contributed by atoms with E-state index in [0.717, 1.165) is 5.56 Å². The molecular weight excluding hydrogens is 258 g/mol. The zero-order valence-corrected chi connectivity index (χ0v) is 11.1. The number of nitrogens with zero attached hydrogens (tertiary/aromatic N) is 3. The minimum atomic E-state index is -0.767. The van der Waals surface area contributed by atoms with Crippen molar-refractivity contribution in [2.45, 2.75) is 24.9 Å². The van der Waals surface area contributed by atoms with Gasteiger partial charge in [0.2, 0.25) is 0 Å². The lowest BCUT2D eigenvalue weighted by atomic mass is 9.99. The van der Waals surface area contributed by atoms with Crippen LogP contribution in [0.25, 0.3) is 0 Å². The van der Waals surface area contributed by atoms with Crippen LogP contribution in [0.15, 0.2) is 42.7 Å². The van der Waals surface area contributed by atoms with Gasteiger partial charge in [0.05, 0.1) is 32.1 Å². The molecule has 0 amide bonds. The molecule has 3 rings (SSSR count). The van der Waals surface area contributed by atoms with Crippen LogP contribution in [-0.4, -0.2) is 39.4 Å². The first-order valence-corrected chi connectivity index (χ1v) is 6.59. The Hall–Kier alpha value is -1.76. The molecule has 0 radical (unpaired) electrons. The molecule has 6 nitrogen and oxygen atoms in total. The van der Waals surface area contributed by atoms with Gasteiger partial charge in [-0.2, -0.15) is 0 Å². The fourth-order valence-corrected chi connectivity index (χ4v) is 2.38. The summed E-state index contributed by atoms with van der Waals surface area (Å²) in [5, 5.41) is 17.1. The van der Waals surface area contributed by atoms with Crippen molar-refractivity contribution in [1.29, 1.82) is 0 Å². The number of aliphatic hydroxyl groups excluding tert-OH is 1. The number of aromatic nitrogens is 3. The molecule has 1 aliphatic heterocycles. The summed E-state index contributed by atoms with van der Waals surface area (Å²) in [6, 6.07) is 10.00. The van der Waals surface area contributed by atoms with Gasteiger partial charge in [-0.25, -0.2) is 4.68 Å². The van der Waals surface area contributed by atoms with Crippen LogP contribution in [0.3, 0.4) is 0 Å². The smallest absolute Gasteiger partial charge is 0.188 e. The van der Waals surface area contributed by atoms with Crippen molar-refractivity contribution in [3.63, 3.8) is 0 Å². The molecule has 0 aliphatic carbocycles. The van der Waals surface area contributed by atoms with Gasteiger partial charge < -0.3 is 14.6 Å². The fraction of sp³-hybridized carbons (Fsp3) is 0.429. The van der Waals surface area contributed by atoms with E-state index in [9.17, 15) is 5.11 Å². The largest absolute Gasteiger partial charge is 0.391 e. The maximum absolute atomic E-state index is 9.48. The van der Waals surface area contributed by atoms with Crippen molar-refractivity contribution >= 4 is 0 Å². The molecule has 20 heavy (non-hydrogen) atoms. The monoisotopic (exact) mass is 275 g/mol. The predicted octanol–water partition coefficient (Wildman–Crippen LogP) is 0.929. The van der Waals surface area contributed by atoms with Gasteiger partial charge in [0.15, 0.2) is 5.72 Å². The summed E-state index contributed by atoms with van der Waals surface area (Å²) in [6.45, 7) is 0.951. The third-order valence-corrected chi connectivity index (χ3v) is 3.44. The molecule has 1 aromatic heterocycles. The van der Waals surface area contributed by atoms with E-state index >= 15 is 0 Å². The van der Waals surface area contributed by atoms with Crippen molar-refractivity contribution in [2.75, 3.05) is 13.2 Å². The topological polar surface area (TPSA) is 69.4 Å². The van der Waals surface area contributed by atoms with Crippen LogP contribution in [0, 0.1) is 0 Å². The Kier molecular flexibility index (Phi) is 3.77. The van der Waals surface area contributed by atoms with E-state index in [1.54, 1.807) is 17.1 Å². The summed E-state index contributed by atoms with van der Waals surface area (Å²) in [5.74, 6) is 0. The zero-order valence-electron chi connectivity index (χ0n) is 11.1. The van der Waals surface area contributed by atoms with Gasteiger partial charge in [-0.3, -0.25) is 0 Å². The second-order valence-electron chi connectivity index (χ2n) is 4.90. The lowest BCUT2D eigenvalue weighted by molar-refractivity contribution is -0.289. The summed E-state index contributed by atoms with van der Waals surface area (Å²) in [4.78, 5) is 0. The average molecular weight is 275 g/mol. The lowest BCUT2D eigenvalue weighted by Gasteiger charge is -2.45. The minimum absolute atomic E-state index is 0.0185. The number of benzene rings is 1. The third kappa shape index (κ3) is 2.58. The number of ether oxygens (including phenoxy) is 2. The van der Waals surface area contributed by atoms with Gasteiger partial charge in [0.25, 0.3) is 0 Å².